The molecular weight excluding hydrogens is 326 g/mol. The van der Waals surface area contributed by atoms with Crippen molar-refractivity contribution in [3.05, 3.63) is 53.3 Å². The summed E-state index contributed by atoms with van der Waals surface area (Å²) in [5, 5.41) is 13.7. The molecule has 0 bridgehead atoms. The zero-order valence-electron chi connectivity index (χ0n) is 14.2. The van der Waals surface area contributed by atoms with Crippen molar-refractivity contribution in [3.63, 3.8) is 0 Å². The van der Waals surface area contributed by atoms with Crippen LogP contribution in [0, 0.1) is 0 Å². The highest BCUT2D eigenvalue weighted by Crippen LogP contribution is 2.25. The number of anilines is 1. The highest BCUT2D eigenvalue weighted by molar-refractivity contribution is 6.30. The number of ether oxygens (including phenoxy) is 1. The van der Waals surface area contributed by atoms with Gasteiger partial charge in [0.15, 0.2) is 0 Å². The lowest BCUT2D eigenvalue weighted by atomic mass is 10.1. The molecule has 0 fully saturated rings. The SMILES string of the molecule is CC(Nc1ccc(OCC(O)CN(C)C)cc1)c1cccnc1Cl. The predicted octanol–water partition coefficient (Wildman–Crippen LogP) is 3.21. The molecule has 0 radical (unpaired) electrons. The van der Waals surface area contributed by atoms with E-state index < -0.39 is 6.10 Å². The Labute approximate surface area is 148 Å². The maximum atomic E-state index is 9.81. The fourth-order valence-corrected chi connectivity index (χ4v) is 2.65. The van der Waals surface area contributed by atoms with E-state index in [1.54, 1.807) is 6.20 Å². The van der Waals surface area contributed by atoms with Gasteiger partial charge in [-0.05, 0) is 51.4 Å². The highest BCUT2D eigenvalue weighted by atomic mass is 35.5. The smallest absolute Gasteiger partial charge is 0.134 e. The van der Waals surface area contributed by atoms with Gasteiger partial charge in [-0.2, -0.15) is 0 Å². The lowest BCUT2D eigenvalue weighted by molar-refractivity contribution is 0.0831. The van der Waals surface area contributed by atoms with Gasteiger partial charge in [-0.1, -0.05) is 17.7 Å². The van der Waals surface area contributed by atoms with Crippen molar-refractivity contribution in [2.24, 2.45) is 0 Å². The highest BCUT2D eigenvalue weighted by Gasteiger charge is 2.10. The van der Waals surface area contributed by atoms with E-state index in [4.69, 9.17) is 16.3 Å². The summed E-state index contributed by atoms with van der Waals surface area (Å²) in [4.78, 5) is 6.02. The second-order valence-corrected chi connectivity index (χ2v) is 6.36. The summed E-state index contributed by atoms with van der Waals surface area (Å²) in [6.45, 7) is 2.88. The number of aliphatic hydroxyl groups is 1. The molecular formula is C18H24ClN3O2. The van der Waals surface area contributed by atoms with Gasteiger partial charge in [-0.15, -0.1) is 0 Å². The van der Waals surface area contributed by atoms with Crippen molar-refractivity contribution in [1.82, 2.24) is 9.88 Å². The maximum absolute atomic E-state index is 9.81. The van der Waals surface area contributed by atoms with Crippen LogP contribution in [0.2, 0.25) is 5.15 Å². The molecule has 2 N–H and O–H groups in total. The summed E-state index contributed by atoms with van der Waals surface area (Å²) < 4.78 is 5.60. The second kappa shape index (κ2) is 8.87. The molecule has 0 saturated heterocycles. The number of benzene rings is 1. The second-order valence-electron chi connectivity index (χ2n) is 6.00. The fraction of sp³-hybridized carbons (Fsp3) is 0.389. The molecule has 0 aliphatic carbocycles. The van der Waals surface area contributed by atoms with Crippen LogP contribution >= 0.6 is 11.6 Å². The molecule has 1 aromatic heterocycles. The van der Waals surface area contributed by atoms with Crippen LogP contribution in [-0.2, 0) is 0 Å². The van der Waals surface area contributed by atoms with Gasteiger partial charge in [0.1, 0.15) is 23.6 Å². The average molecular weight is 350 g/mol. The molecule has 2 rings (SSSR count). The Hall–Kier alpha value is -1.82. The molecule has 0 amide bonds. The molecule has 24 heavy (non-hydrogen) atoms. The van der Waals surface area contributed by atoms with Gasteiger partial charge in [-0.3, -0.25) is 0 Å². The van der Waals surface area contributed by atoms with E-state index in [-0.39, 0.29) is 12.6 Å². The third-order valence-corrected chi connectivity index (χ3v) is 3.83. The van der Waals surface area contributed by atoms with Crippen molar-refractivity contribution in [2.45, 2.75) is 19.1 Å². The summed E-state index contributed by atoms with van der Waals surface area (Å²) in [6, 6.07) is 11.5. The largest absolute Gasteiger partial charge is 0.491 e. The first kappa shape index (κ1) is 18.5. The number of aliphatic hydroxyl groups excluding tert-OH is 1. The summed E-state index contributed by atoms with van der Waals surface area (Å²) in [6.07, 6.45) is 1.17. The first-order valence-corrected chi connectivity index (χ1v) is 8.26. The molecule has 2 unspecified atom stereocenters. The third kappa shape index (κ3) is 5.67. The van der Waals surface area contributed by atoms with Crippen molar-refractivity contribution in [3.8, 4) is 5.75 Å². The zero-order chi connectivity index (χ0) is 17.5. The summed E-state index contributed by atoms with van der Waals surface area (Å²) in [7, 11) is 3.83. The summed E-state index contributed by atoms with van der Waals surface area (Å²) >= 11 is 6.12. The van der Waals surface area contributed by atoms with Gasteiger partial charge in [0.25, 0.3) is 0 Å². The Balaban J connectivity index is 1.89. The van der Waals surface area contributed by atoms with Gasteiger partial charge in [0.05, 0.1) is 6.04 Å². The fourth-order valence-electron chi connectivity index (χ4n) is 2.36. The normalized spacial score (nSPS) is 13.6. The molecule has 0 aliphatic rings. The van der Waals surface area contributed by atoms with Gasteiger partial charge in [-0.25, -0.2) is 4.98 Å². The van der Waals surface area contributed by atoms with E-state index in [1.165, 1.54) is 0 Å². The van der Waals surface area contributed by atoms with E-state index in [2.05, 4.69) is 10.3 Å². The standard InChI is InChI=1S/C18H24ClN3O2/c1-13(17-5-4-10-20-18(17)19)21-14-6-8-16(9-7-14)24-12-15(23)11-22(2)3/h4-10,13,15,21,23H,11-12H2,1-3H3. The maximum Gasteiger partial charge on any atom is 0.134 e. The van der Waals surface area contributed by atoms with Gasteiger partial charge >= 0.3 is 0 Å². The number of halogens is 1. The number of hydrogen-bond acceptors (Lipinski definition) is 5. The summed E-state index contributed by atoms with van der Waals surface area (Å²) in [5.41, 5.74) is 1.91. The van der Waals surface area contributed by atoms with E-state index in [9.17, 15) is 5.11 Å². The van der Waals surface area contributed by atoms with Crippen LogP contribution in [0.3, 0.4) is 0 Å². The van der Waals surface area contributed by atoms with Crippen LogP contribution in [0.25, 0.3) is 0 Å². The van der Waals surface area contributed by atoms with Crippen molar-refractivity contribution >= 4 is 17.3 Å². The molecule has 130 valence electrons. The third-order valence-electron chi connectivity index (χ3n) is 3.51. The topological polar surface area (TPSA) is 57.6 Å². The molecule has 6 heteroatoms. The number of rotatable bonds is 8. The van der Waals surface area contributed by atoms with Crippen molar-refractivity contribution in [1.29, 1.82) is 0 Å². The average Bonchev–Trinajstić information content (AvgIpc) is 2.54. The Morgan fingerprint density at radius 1 is 1.25 bits per heavy atom. The van der Waals surface area contributed by atoms with E-state index in [0.29, 0.717) is 11.7 Å². The number of nitrogens with one attached hydrogen (secondary N) is 1. The summed E-state index contributed by atoms with van der Waals surface area (Å²) in [5.74, 6) is 0.727. The molecule has 2 atom stereocenters. The first-order valence-electron chi connectivity index (χ1n) is 7.88. The lowest BCUT2D eigenvalue weighted by Gasteiger charge is -2.18. The molecule has 0 spiro atoms. The van der Waals surface area contributed by atoms with Crippen LogP contribution < -0.4 is 10.1 Å². The molecule has 2 aromatic rings. The van der Waals surface area contributed by atoms with Crippen molar-refractivity contribution in [2.75, 3.05) is 32.6 Å². The van der Waals surface area contributed by atoms with E-state index in [0.717, 1.165) is 17.0 Å². The minimum atomic E-state index is -0.509. The Kier molecular flexibility index (Phi) is 6.85. The van der Waals surface area contributed by atoms with Crippen molar-refractivity contribution < 1.29 is 9.84 Å². The predicted molar refractivity (Wildman–Crippen MR) is 97.8 cm³/mol. The monoisotopic (exact) mass is 349 g/mol. The molecule has 5 nitrogen and oxygen atoms in total. The first-order chi connectivity index (χ1) is 11.5. The number of aromatic nitrogens is 1. The van der Waals surface area contributed by atoms with Crippen LogP contribution in [0.5, 0.6) is 5.75 Å². The minimum absolute atomic E-state index is 0.0416. The molecule has 1 heterocycles. The minimum Gasteiger partial charge on any atom is -0.491 e. The van der Waals surface area contributed by atoms with E-state index >= 15 is 0 Å². The number of likely N-dealkylation sites (N-methyl/N-ethyl adjacent to an activating group) is 1. The van der Waals surface area contributed by atoms with Gasteiger partial charge in [0, 0.05) is 24.0 Å². The molecule has 0 saturated carbocycles. The Morgan fingerprint density at radius 3 is 2.58 bits per heavy atom. The van der Waals surface area contributed by atoms with Gasteiger partial charge < -0.3 is 20.1 Å². The molecule has 1 aromatic carbocycles. The number of nitrogens with zero attached hydrogens (tertiary/aromatic N) is 2. The zero-order valence-corrected chi connectivity index (χ0v) is 15.0. The lowest BCUT2D eigenvalue weighted by Crippen LogP contribution is -2.30. The number of pyridine rings is 1. The Morgan fingerprint density at radius 2 is 1.96 bits per heavy atom. The van der Waals surface area contributed by atoms with Crippen LogP contribution in [-0.4, -0.2) is 48.3 Å². The van der Waals surface area contributed by atoms with Crippen LogP contribution in [0.1, 0.15) is 18.5 Å². The molecule has 0 aliphatic heterocycles. The van der Waals surface area contributed by atoms with Crippen LogP contribution in [0.15, 0.2) is 42.6 Å². The van der Waals surface area contributed by atoms with Crippen LogP contribution in [0.4, 0.5) is 5.69 Å². The van der Waals surface area contributed by atoms with Gasteiger partial charge in [0.2, 0.25) is 0 Å². The van der Waals surface area contributed by atoms with E-state index in [1.807, 2.05) is 62.3 Å². The number of hydrogen-bond donors (Lipinski definition) is 2. The quantitative estimate of drug-likeness (QED) is 0.717. The Bertz CT molecular complexity index is 634.